The Morgan fingerprint density at radius 3 is 1.00 bits per heavy atom. The van der Waals surface area contributed by atoms with E-state index in [1.165, 1.54) is 120 Å². The van der Waals surface area contributed by atoms with Crippen LogP contribution in [0.4, 0.5) is 0 Å². The molecule has 0 aliphatic heterocycles. The van der Waals surface area contributed by atoms with Gasteiger partial charge in [-0.1, -0.05) is 158 Å². The molecule has 13 aromatic rings. The minimum atomic E-state index is 1.17. The molecular formula is C56H34N2. The number of fused-ring (bicyclic) bond motifs is 8. The van der Waals surface area contributed by atoms with Crippen LogP contribution in [0.3, 0.4) is 0 Å². The summed E-state index contributed by atoms with van der Waals surface area (Å²) in [4.78, 5) is 0. The van der Waals surface area contributed by atoms with E-state index in [1.807, 2.05) is 0 Å². The fraction of sp³-hybridized carbons (Fsp3) is 0. The van der Waals surface area contributed by atoms with Crippen molar-refractivity contribution in [2.45, 2.75) is 0 Å². The zero-order valence-electron chi connectivity index (χ0n) is 31.5. The largest absolute Gasteiger partial charge is 0.309 e. The van der Waals surface area contributed by atoms with Gasteiger partial charge in [0.15, 0.2) is 0 Å². The van der Waals surface area contributed by atoms with Gasteiger partial charge in [0.05, 0.1) is 22.1 Å². The van der Waals surface area contributed by atoms with Gasteiger partial charge >= 0.3 is 0 Å². The molecule has 0 saturated carbocycles. The minimum Gasteiger partial charge on any atom is -0.309 e. The SMILES string of the molecule is c1ccc(-n2c3ccccc3c3c(-c4ccc5c6ccc(-c7cccc8c7c7ccccc7n8-c7ccccc7)c7cccc(c8cccc4c85)c76)cccc32)cc1. The van der Waals surface area contributed by atoms with E-state index in [4.69, 9.17) is 0 Å². The first kappa shape index (κ1) is 31.5. The van der Waals surface area contributed by atoms with Gasteiger partial charge in [0.25, 0.3) is 0 Å². The third-order valence-electron chi connectivity index (χ3n) is 12.7. The highest BCUT2D eigenvalue weighted by molar-refractivity contribution is 6.36. The topological polar surface area (TPSA) is 9.86 Å². The second-order valence-corrected chi connectivity index (χ2v) is 15.6. The van der Waals surface area contributed by atoms with Crippen molar-refractivity contribution >= 4 is 86.7 Å². The summed E-state index contributed by atoms with van der Waals surface area (Å²) in [5, 5.41) is 15.5. The molecule has 58 heavy (non-hydrogen) atoms. The fourth-order valence-electron chi connectivity index (χ4n) is 10.4. The number of nitrogens with zero attached hydrogens (tertiary/aromatic N) is 2. The van der Waals surface area contributed by atoms with Crippen LogP contribution >= 0.6 is 0 Å². The molecule has 0 spiro atoms. The zero-order chi connectivity index (χ0) is 37.9. The lowest BCUT2D eigenvalue weighted by atomic mass is 9.84. The molecule has 0 radical (unpaired) electrons. The van der Waals surface area contributed by atoms with Gasteiger partial charge in [-0.3, -0.25) is 0 Å². The summed E-state index contributed by atoms with van der Waals surface area (Å²) in [5.41, 5.74) is 12.3. The second kappa shape index (κ2) is 11.9. The predicted octanol–water partition coefficient (Wildman–Crippen LogP) is 15.3. The standard InChI is InChI=1S/C56H34N2/c1-3-15-35(16-4-1)57-49-27-9-7-19-47(49)55-41(25-13-29-51(55)57)37-31-33-45-46-34-32-38(40-22-12-24-44(54(40)46)43-23-11-21-39(37)53(43)45)42-26-14-30-52-56(42)48-20-8-10-28-50(48)58(52)36-17-5-2-6-18-36/h1-34H. The molecule has 2 heteroatoms. The number of aromatic nitrogens is 2. The Kier molecular flexibility index (Phi) is 6.47. The average molecular weight is 735 g/mol. The van der Waals surface area contributed by atoms with Crippen LogP contribution in [-0.4, -0.2) is 9.13 Å². The molecule has 2 heterocycles. The monoisotopic (exact) mass is 734 g/mol. The lowest BCUT2D eigenvalue weighted by Gasteiger charge is -2.19. The van der Waals surface area contributed by atoms with Gasteiger partial charge in [-0.05, 0) is 114 Å². The van der Waals surface area contributed by atoms with Gasteiger partial charge in [0.2, 0.25) is 0 Å². The number of rotatable bonds is 4. The van der Waals surface area contributed by atoms with E-state index in [0.29, 0.717) is 0 Å². The van der Waals surface area contributed by atoms with Gasteiger partial charge in [0.1, 0.15) is 0 Å². The molecule has 0 fully saturated rings. The lowest BCUT2D eigenvalue weighted by Crippen LogP contribution is -1.93. The number of hydrogen-bond donors (Lipinski definition) is 0. The molecule has 0 aliphatic rings. The van der Waals surface area contributed by atoms with Crippen LogP contribution in [0.5, 0.6) is 0 Å². The molecule has 11 aromatic carbocycles. The average Bonchev–Trinajstić information content (AvgIpc) is 3.82. The predicted molar refractivity (Wildman–Crippen MR) is 247 cm³/mol. The van der Waals surface area contributed by atoms with E-state index in [1.54, 1.807) is 0 Å². The van der Waals surface area contributed by atoms with Crippen LogP contribution in [-0.2, 0) is 0 Å². The Morgan fingerprint density at radius 2 is 0.534 bits per heavy atom. The van der Waals surface area contributed by atoms with E-state index < -0.39 is 0 Å². The minimum absolute atomic E-state index is 1.17. The van der Waals surface area contributed by atoms with Gasteiger partial charge < -0.3 is 9.13 Å². The molecule has 0 bridgehead atoms. The molecule has 2 aromatic heterocycles. The van der Waals surface area contributed by atoms with Crippen LogP contribution in [0.15, 0.2) is 206 Å². The van der Waals surface area contributed by atoms with Crippen molar-refractivity contribution in [1.29, 1.82) is 0 Å². The second-order valence-electron chi connectivity index (χ2n) is 15.6. The third-order valence-corrected chi connectivity index (χ3v) is 12.7. The quantitative estimate of drug-likeness (QED) is 0.126. The number of hydrogen-bond acceptors (Lipinski definition) is 0. The molecule has 0 amide bonds. The van der Waals surface area contributed by atoms with Crippen molar-refractivity contribution < 1.29 is 0 Å². The Hall–Kier alpha value is -7.68. The highest BCUT2D eigenvalue weighted by Gasteiger charge is 2.22. The summed E-state index contributed by atoms with van der Waals surface area (Å²) >= 11 is 0. The van der Waals surface area contributed by atoms with Crippen molar-refractivity contribution in [3.8, 4) is 33.6 Å². The van der Waals surface area contributed by atoms with Gasteiger partial charge in [0, 0.05) is 32.9 Å². The molecule has 0 atom stereocenters. The molecule has 0 aliphatic carbocycles. The normalized spacial score (nSPS) is 12.1. The summed E-state index contributed by atoms with van der Waals surface area (Å²) in [6.45, 7) is 0. The van der Waals surface area contributed by atoms with Gasteiger partial charge in [-0.25, -0.2) is 0 Å². The summed E-state index contributed by atoms with van der Waals surface area (Å²) in [6.07, 6.45) is 0. The van der Waals surface area contributed by atoms with Crippen LogP contribution in [0.2, 0.25) is 0 Å². The molecule has 268 valence electrons. The van der Waals surface area contributed by atoms with Crippen molar-refractivity contribution in [3.63, 3.8) is 0 Å². The Bertz CT molecular complexity index is 3500. The molecule has 2 nitrogen and oxygen atoms in total. The Balaban J connectivity index is 1.08. The van der Waals surface area contributed by atoms with Crippen molar-refractivity contribution in [2.24, 2.45) is 0 Å². The maximum atomic E-state index is 2.41. The number of para-hydroxylation sites is 4. The van der Waals surface area contributed by atoms with E-state index in [2.05, 4.69) is 215 Å². The Morgan fingerprint density at radius 1 is 0.190 bits per heavy atom. The maximum absolute atomic E-state index is 2.41. The van der Waals surface area contributed by atoms with Crippen molar-refractivity contribution in [2.75, 3.05) is 0 Å². The molecule has 0 saturated heterocycles. The van der Waals surface area contributed by atoms with Crippen LogP contribution in [0, 0.1) is 0 Å². The maximum Gasteiger partial charge on any atom is 0.0547 e. The van der Waals surface area contributed by atoms with E-state index in [9.17, 15) is 0 Å². The van der Waals surface area contributed by atoms with Crippen molar-refractivity contribution in [1.82, 2.24) is 9.13 Å². The van der Waals surface area contributed by atoms with E-state index >= 15 is 0 Å². The van der Waals surface area contributed by atoms with E-state index in [-0.39, 0.29) is 0 Å². The van der Waals surface area contributed by atoms with Crippen LogP contribution < -0.4 is 0 Å². The fourth-order valence-corrected chi connectivity index (χ4v) is 10.4. The summed E-state index contributed by atoms with van der Waals surface area (Å²) in [5.74, 6) is 0. The first-order valence-electron chi connectivity index (χ1n) is 20.1. The zero-order valence-corrected chi connectivity index (χ0v) is 31.5. The first-order valence-corrected chi connectivity index (χ1v) is 20.1. The third kappa shape index (κ3) is 4.21. The smallest absolute Gasteiger partial charge is 0.0547 e. The van der Waals surface area contributed by atoms with E-state index in [0.717, 1.165) is 0 Å². The number of benzene rings is 11. The van der Waals surface area contributed by atoms with Gasteiger partial charge in [-0.15, -0.1) is 0 Å². The molecule has 0 N–H and O–H groups in total. The summed E-state index contributed by atoms with van der Waals surface area (Å²) < 4.78 is 4.82. The highest BCUT2D eigenvalue weighted by atomic mass is 15.0. The van der Waals surface area contributed by atoms with Crippen LogP contribution in [0.1, 0.15) is 0 Å². The highest BCUT2D eigenvalue weighted by Crippen LogP contribution is 2.48. The molecular weight excluding hydrogens is 701 g/mol. The molecule has 13 rings (SSSR count). The molecule has 0 unspecified atom stereocenters. The first-order chi connectivity index (χ1) is 28.8. The summed E-state index contributed by atoms with van der Waals surface area (Å²) in [6, 6.07) is 76.1. The Labute approximate surface area is 334 Å². The summed E-state index contributed by atoms with van der Waals surface area (Å²) in [7, 11) is 0. The lowest BCUT2D eigenvalue weighted by molar-refractivity contribution is 1.18. The van der Waals surface area contributed by atoms with Crippen LogP contribution in [0.25, 0.3) is 120 Å². The van der Waals surface area contributed by atoms with Gasteiger partial charge in [-0.2, -0.15) is 0 Å². The van der Waals surface area contributed by atoms with Crippen molar-refractivity contribution in [3.05, 3.63) is 206 Å².